The number of furan rings is 1. The lowest BCUT2D eigenvalue weighted by molar-refractivity contribution is 0.593. The lowest BCUT2D eigenvalue weighted by Gasteiger charge is -2.03. The zero-order valence-electron chi connectivity index (χ0n) is 15.4. The van der Waals surface area contributed by atoms with Crippen molar-refractivity contribution in [3.63, 3.8) is 0 Å². The first-order chi connectivity index (χ1) is 14.3. The van der Waals surface area contributed by atoms with Crippen LogP contribution in [0.5, 0.6) is 0 Å². The quantitative estimate of drug-likeness (QED) is 0.405. The van der Waals surface area contributed by atoms with Gasteiger partial charge in [0, 0.05) is 17.3 Å². The molecule has 1 heterocycles. The first-order valence-corrected chi connectivity index (χ1v) is 9.02. The van der Waals surface area contributed by atoms with Crippen LogP contribution in [-0.4, -0.2) is 6.21 Å². The lowest BCUT2D eigenvalue weighted by Crippen LogP contribution is -1.83. The van der Waals surface area contributed by atoms with Crippen molar-refractivity contribution in [2.24, 2.45) is 4.99 Å². The molecule has 0 aliphatic heterocycles. The second kappa shape index (κ2) is 8.08. The molecule has 4 heteroatoms. The number of benzene rings is 3. The maximum absolute atomic E-state index is 9.87. The summed E-state index contributed by atoms with van der Waals surface area (Å²) in [6, 6.07) is 30.8. The Morgan fingerprint density at radius 1 is 0.724 bits per heavy atom. The highest BCUT2D eigenvalue weighted by Gasteiger charge is 2.22. The van der Waals surface area contributed by atoms with Crippen LogP contribution in [0.3, 0.4) is 0 Å². The van der Waals surface area contributed by atoms with E-state index in [-0.39, 0.29) is 5.88 Å². The fourth-order valence-corrected chi connectivity index (χ4v) is 3.06. The topological polar surface area (TPSA) is 73.1 Å². The van der Waals surface area contributed by atoms with E-state index in [0.29, 0.717) is 16.9 Å². The summed E-state index contributed by atoms with van der Waals surface area (Å²) in [6.07, 6.45) is 1.63. The van der Waals surface area contributed by atoms with E-state index in [1.54, 1.807) is 30.5 Å². The summed E-state index contributed by atoms with van der Waals surface area (Å²) in [7, 11) is 0. The standard InChI is InChI=1S/C25H15N3O/c26-15-18-11-13-19(14-12-18)17-28-25-22(16-27)23(20-7-3-1-4-8-20)24(29-25)21-9-5-2-6-10-21/h1-14,17H/b28-17+. The number of hydrogen-bond donors (Lipinski definition) is 0. The van der Waals surface area contributed by atoms with Gasteiger partial charge in [-0.25, -0.2) is 4.99 Å². The zero-order valence-corrected chi connectivity index (χ0v) is 15.4. The molecule has 0 aliphatic rings. The molecule has 136 valence electrons. The molecular formula is C25H15N3O. The fourth-order valence-electron chi connectivity index (χ4n) is 3.06. The van der Waals surface area contributed by atoms with Gasteiger partial charge in [0.1, 0.15) is 17.4 Å². The van der Waals surface area contributed by atoms with Crippen LogP contribution < -0.4 is 0 Å². The minimum absolute atomic E-state index is 0.259. The molecule has 0 saturated heterocycles. The molecule has 4 nitrogen and oxygen atoms in total. The highest BCUT2D eigenvalue weighted by molar-refractivity contribution is 5.89. The van der Waals surface area contributed by atoms with Gasteiger partial charge in [-0.15, -0.1) is 0 Å². The van der Waals surface area contributed by atoms with E-state index in [2.05, 4.69) is 17.1 Å². The van der Waals surface area contributed by atoms with Crippen LogP contribution in [0.1, 0.15) is 16.7 Å². The maximum atomic E-state index is 9.87. The van der Waals surface area contributed by atoms with E-state index in [4.69, 9.17) is 9.68 Å². The summed E-state index contributed by atoms with van der Waals surface area (Å²) in [5, 5.41) is 18.8. The predicted octanol–water partition coefficient (Wildman–Crippen LogP) is 6.11. The molecule has 0 unspecified atom stereocenters. The maximum Gasteiger partial charge on any atom is 0.238 e. The Bertz CT molecular complexity index is 1240. The predicted molar refractivity (Wildman–Crippen MR) is 113 cm³/mol. The molecule has 0 saturated carbocycles. The minimum Gasteiger partial charge on any atom is -0.436 e. The number of aliphatic imine (C=N–C) groups is 1. The summed E-state index contributed by atoms with van der Waals surface area (Å²) in [6.45, 7) is 0. The Labute approximate surface area is 168 Å². The van der Waals surface area contributed by atoms with E-state index in [9.17, 15) is 5.26 Å². The average Bonchev–Trinajstić information content (AvgIpc) is 3.17. The highest BCUT2D eigenvalue weighted by Crippen LogP contribution is 2.42. The van der Waals surface area contributed by atoms with Gasteiger partial charge in [-0.1, -0.05) is 72.8 Å². The van der Waals surface area contributed by atoms with Crippen molar-refractivity contribution in [2.75, 3.05) is 0 Å². The molecule has 0 amide bonds. The lowest BCUT2D eigenvalue weighted by atomic mass is 9.98. The Balaban J connectivity index is 1.85. The summed E-state index contributed by atoms with van der Waals surface area (Å²) < 4.78 is 6.07. The molecule has 0 radical (unpaired) electrons. The Hall–Kier alpha value is -4.41. The highest BCUT2D eigenvalue weighted by atomic mass is 16.4. The minimum atomic E-state index is 0.259. The number of nitrogens with zero attached hydrogens (tertiary/aromatic N) is 3. The van der Waals surface area contributed by atoms with E-state index >= 15 is 0 Å². The third kappa shape index (κ3) is 3.69. The molecular weight excluding hydrogens is 358 g/mol. The Morgan fingerprint density at radius 2 is 1.34 bits per heavy atom. The average molecular weight is 373 g/mol. The van der Waals surface area contributed by atoms with Gasteiger partial charge in [-0.3, -0.25) is 0 Å². The molecule has 1 aromatic heterocycles. The van der Waals surface area contributed by atoms with Crippen molar-refractivity contribution in [1.29, 1.82) is 10.5 Å². The van der Waals surface area contributed by atoms with Gasteiger partial charge < -0.3 is 4.42 Å². The van der Waals surface area contributed by atoms with Gasteiger partial charge in [-0.05, 0) is 23.3 Å². The molecule has 3 aromatic carbocycles. The molecule has 0 spiro atoms. The van der Waals surface area contributed by atoms with Gasteiger partial charge in [-0.2, -0.15) is 10.5 Å². The van der Waals surface area contributed by atoms with Crippen LogP contribution in [0.4, 0.5) is 5.88 Å². The summed E-state index contributed by atoms with van der Waals surface area (Å²) in [4.78, 5) is 4.44. The van der Waals surface area contributed by atoms with E-state index in [1.807, 2.05) is 60.7 Å². The van der Waals surface area contributed by atoms with Crippen LogP contribution >= 0.6 is 0 Å². The van der Waals surface area contributed by atoms with Gasteiger partial charge >= 0.3 is 0 Å². The van der Waals surface area contributed by atoms with Gasteiger partial charge in [0.25, 0.3) is 0 Å². The number of rotatable bonds is 4. The fraction of sp³-hybridized carbons (Fsp3) is 0. The van der Waals surface area contributed by atoms with Gasteiger partial charge in [0.2, 0.25) is 5.88 Å². The van der Waals surface area contributed by atoms with Crippen LogP contribution in [0, 0.1) is 22.7 Å². The number of nitriles is 2. The Morgan fingerprint density at radius 3 is 1.93 bits per heavy atom. The summed E-state index contributed by atoms with van der Waals surface area (Å²) in [5.74, 6) is 0.870. The first-order valence-electron chi connectivity index (χ1n) is 9.02. The second-order valence-corrected chi connectivity index (χ2v) is 6.32. The van der Waals surface area contributed by atoms with Gasteiger partial charge in [0.05, 0.1) is 11.6 Å². The van der Waals surface area contributed by atoms with Crippen molar-refractivity contribution in [2.45, 2.75) is 0 Å². The SMILES string of the molecule is N#Cc1ccc(/C=N/c2oc(-c3ccccc3)c(-c3ccccc3)c2C#N)cc1. The summed E-state index contributed by atoms with van der Waals surface area (Å²) >= 11 is 0. The van der Waals surface area contributed by atoms with Crippen molar-refractivity contribution >= 4 is 12.1 Å². The molecule has 29 heavy (non-hydrogen) atoms. The third-order valence-corrected chi connectivity index (χ3v) is 4.47. The van der Waals surface area contributed by atoms with E-state index in [0.717, 1.165) is 22.3 Å². The Kier molecular flexibility index (Phi) is 5.01. The van der Waals surface area contributed by atoms with Gasteiger partial charge in [0.15, 0.2) is 0 Å². The van der Waals surface area contributed by atoms with Crippen LogP contribution in [0.15, 0.2) is 94.3 Å². The van der Waals surface area contributed by atoms with Crippen molar-refractivity contribution < 1.29 is 4.42 Å². The molecule has 4 rings (SSSR count). The molecule has 0 N–H and O–H groups in total. The second-order valence-electron chi connectivity index (χ2n) is 6.32. The van der Waals surface area contributed by atoms with Crippen molar-refractivity contribution in [1.82, 2.24) is 0 Å². The van der Waals surface area contributed by atoms with E-state index in [1.165, 1.54) is 0 Å². The van der Waals surface area contributed by atoms with Crippen LogP contribution in [0.2, 0.25) is 0 Å². The zero-order chi connectivity index (χ0) is 20.1. The van der Waals surface area contributed by atoms with E-state index < -0.39 is 0 Å². The molecule has 0 aliphatic carbocycles. The smallest absolute Gasteiger partial charge is 0.238 e. The largest absolute Gasteiger partial charge is 0.436 e. The normalized spacial score (nSPS) is 10.6. The summed E-state index contributed by atoms with van der Waals surface area (Å²) in [5.41, 5.74) is 4.28. The van der Waals surface area contributed by atoms with Crippen molar-refractivity contribution in [3.8, 4) is 34.6 Å². The first kappa shape index (κ1) is 18.0. The van der Waals surface area contributed by atoms with Crippen LogP contribution in [-0.2, 0) is 0 Å². The third-order valence-electron chi connectivity index (χ3n) is 4.47. The molecule has 0 fully saturated rings. The van der Waals surface area contributed by atoms with Crippen molar-refractivity contribution in [3.05, 3.63) is 102 Å². The molecule has 4 aromatic rings. The molecule has 0 atom stereocenters. The molecule has 0 bridgehead atoms. The number of hydrogen-bond acceptors (Lipinski definition) is 4. The monoisotopic (exact) mass is 373 g/mol. The van der Waals surface area contributed by atoms with Crippen LogP contribution in [0.25, 0.3) is 22.5 Å².